The first-order valence-corrected chi connectivity index (χ1v) is 6.00. The third-order valence-electron chi connectivity index (χ3n) is 2.92. The van der Waals surface area contributed by atoms with E-state index < -0.39 is 0 Å². The van der Waals surface area contributed by atoms with Gasteiger partial charge in [0.05, 0.1) is 5.69 Å². The molecule has 6 nitrogen and oxygen atoms in total. The molecule has 6 heteroatoms. The molecule has 2 N–H and O–H groups in total. The summed E-state index contributed by atoms with van der Waals surface area (Å²) in [5.74, 6) is 2.11. The number of hydrogen-bond donors (Lipinski definition) is 1. The standard InChI is InChI=1S/C13H15N3O3/c1-16-3-2-10(15-16)7-17-11-5-13-12(18-8-19-13)4-9(11)6-14/h2-5H,6-8,14H2,1H3. The molecular weight excluding hydrogens is 246 g/mol. The van der Waals surface area contributed by atoms with E-state index in [-0.39, 0.29) is 6.79 Å². The number of fused-ring (bicyclic) bond motifs is 1. The SMILES string of the molecule is Cn1ccc(COc2cc3c(cc2CN)OCO3)n1. The zero-order valence-corrected chi connectivity index (χ0v) is 10.6. The Hall–Kier alpha value is -2.21. The molecular formula is C13H15N3O3. The van der Waals surface area contributed by atoms with Gasteiger partial charge in [-0.1, -0.05) is 0 Å². The van der Waals surface area contributed by atoms with Crippen LogP contribution in [-0.2, 0) is 20.2 Å². The number of aromatic nitrogens is 2. The number of nitrogens with zero attached hydrogens (tertiary/aromatic N) is 2. The molecule has 1 aromatic carbocycles. The highest BCUT2D eigenvalue weighted by Crippen LogP contribution is 2.38. The van der Waals surface area contributed by atoms with Crippen LogP contribution in [0.15, 0.2) is 24.4 Å². The molecule has 0 aliphatic carbocycles. The van der Waals surface area contributed by atoms with Crippen molar-refractivity contribution in [1.29, 1.82) is 0 Å². The van der Waals surface area contributed by atoms with Crippen molar-refractivity contribution in [1.82, 2.24) is 9.78 Å². The van der Waals surface area contributed by atoms with Gasteiger partial charge in [0, 0.05) is 31.4 Å². The van der Waals surface area contributed by atoms with E-state index in [1.165, 1.54) is 0 Å². The molecule has 1 aliphatic heterocycles. The van der Waals surface area contributed by atoms with Gasteiger partial charge < -0.3 is 19.9 Å². The van der Waals surface area contributed by atoms with E-state index in [1.807, 2.05) is 31.4 Å². The van der Waals surface area contributed by atoms with Crippen molar-refractivity contribution >= 4 is 0 Å². The van der Waals surface area contributed by atoms with E-state index in [0.29, 0.717) is 30.4 Å². The number of ether oxygens (including phenoxy) is 3. The summed E-state index contributed by atoms with van der Waals surface area (Å²) in [7, 11) is 1.87. The Bertz CT molecular complexity index is 595. The first-order chi connectivity index (χ1) is 9.26. The fourth-order valence-electron chi connectivity index (χ4n) is 1.95. The van der Waals surface area contributed by atoms with Crippen LogP contribution in [0.1, 0.15) is 11.3 Å². The third-order valence-corrected chi connectivity index (χ3v) is 2.92. The third kappa shape index (κ3) is 2.34. The maximum Gasteiger partial charge on any atom is 0.231 e. The predicted octanol–water partition coefficient (Wildman–Crippen LogP) is 1.19. The molecule has 2 aromatic rings. The zero-order valence-electron chi connectivity index (χ0n) is 10.6. The number of benzene rings is 1. The average Bonchev–Trinajstić information content (AvgIpc) is 3.03. The lowest BCUT2D eigenvalue weighted by Crippen LogP contribution is -2.03. The molecule has 0 fully saturated rings. The van der Waals surface area contributed by atoms with E-state index in [2.05, 4.69) is 5.10 Å². The van der Waals surface area contributed by atoms with Crippen molar-refractivity contribution in [3.63, 3.8) is 0 Å². The van der Waals surface area contributed by atoms with Gasteiger partial charge >= 0.3 is 0 Å². The van der Waals surface area contributed by atoms with Gasteiger partial charge in [-0.25, -0.2) is 0 Å². The fraction of sp³-hybridized carbons (Fsp3) is 0.308. The van der Waals surface area contributed by atoms with Gasteiger partial charge in [-0.15, -0.1) is 0 Å². The first-order valence-electron chi connectivity index (χ1n) is 6.00. The highest BCUT2D eigenvalue weighted by molar-refractivity contribution is 5.51. The molecule has 0 atom stereocenters. The van der Waals surface area contributed by atoms with Crippen molar-refractivity contribution in [2.45, 2.75) is 13.2 Å². The van der Waals surface area contributed by atoms with Crippen LogP contribution in [0.5, 0.6) is 17.2 Å². The summed E-state index contributed by atoms with van der Waals surface area (Å²) in [4.78, 5) is 0. The van der Waals surface area contributed by atoms with E-state index in [0.717, 1.165) is 11.3 Å². The summed E-state index contributed by atoms with van der Waals surface area (Å²) >= 11 is 0. The van der Waals surface area contributed by atoms with Gasteiger partial charge in [0.15, 0.2) is 11.5 Å². The normalized spacial score (nSPS) is 12.7. The van der Waals surface area contributed by atoms with Gasteiger partial charge in [-0.3, -0.25) is 4.68 Å². The summed E-state index contributed by atoms with van der Waals surface area (Å²) < 4.78 is 18.1. The highest BCUT2D eigenvalue weighted by Gasteiger charge is 2.17. The second-order valence-electron chi connectivity index (χ2n) is 4.29. The summed E-state index contributed by atoms with van der Waals surface area (Å²) in [6.07, 6.45) is 1.88. The summed E-state index contributed by atoms with van der Waals surface area (Å²) in [6.45, 7) is 1.02. The lowest BCUT2D eigenvalue weighted by Gasteiger charge is -2.10. The number of rotatable bonds is 4. The van der Waals surface area contributed by atoms with Crippen LogP contribution in [0, 0.1) is 0 Å². The van der Waals surface area contributed by atoms with E-state index in [4.69, 9.17) is 19.9 Å². The van der Waals surface area contributed by atoms with Crippen molar-refractivity contribution in [3.05, 3.63) is 35.7 Å². The van der Waals surface area contributed by atoms with Crippen LogP contribution in [-0.4, -0.2) is 16.6 Å². The van der Waals surface area contributed by atoms with Crippen molar-refractivity contribution in [3.8, 4) is 17.2 Å². The predicted molar refractivity (Wildman–Crippen MR) is 68.0 cm³/mol. The van der Waals surface area contributed by atoms with Crippen molar-refractivity contribution in [2.24, 2.45) is 12.8 Å². The molecule has 0 bridgehead atoms. The number of aryl methyl sites for hydroxylation is 1. The molecule has 0 unspecified atom stereocenters. The monoisotopic (exact) mass is 261 g/mol. The maximum absolute atomic E-state index is 5.76. The second-order valence-corrected chi connectivity index (χ2v) is 4.29. The second kappa shape index (κ2) is 4.81. The van der Waals surface area contributed by atoms with Gasteiger partial charge in [-0.2, -0.15) is 5.10 Å². The highest BCUT2D eigenvalue weighted by atomic mass is 16.7. The Morgan fingerprint density at radius 2 is 2.16 bits per heavy atom. The van der Waals surface area contributed by atoms with Crippen LogP contribution in [0.25, 0.3) is 0 Å². The Morgan fingerprint density at radius 1 is 1.37 bits per heavy atom. The van der Waals surface area contributed by atoms with Crippen LogP contribution >= 0.6 is 0 Å². The largest absolute Gasteiger partial charge is 0.487 e. The summed E-state index contributed by atoms with van der Waals surface area (Å²) in [6, 6.07) is 5.58. The van der Waals surface area contributed by atoms with Crippen molar-refractivity contribution < 1.29 is 14.2 Å². The molecule has 19 heavy (non-hydrogen) atoms. The lowest BCUT2D eigenvalue weighted by atomic mass is 10.2. The zero-order chi connectivity index (χ0) is 13.2. The molecule has 0 radical (unpaired) electrons. The van der Waals surface area contributed by atoms with Gasteiger partial charge in [0.2, 0.25) is 6.79 Å². The maximum atomic E-state index is 5.76. The van der Waals surface area contributed by atoms with E-state index >= 15 is 0 Å². The van der Waals surface area contributed by atoms with E-state index in [9.17, 15) is 0 Å². The Balaban J connectivity index is 1.80. The summed E-state index contributed by atoms with van der Waals surface area (Å²) in [5.41, 5.74) is 7.47. The molecule has 1 aromatic heterocycles. The quantitative estimate of drug-likeness (QED) is 0.895. The lowest BCUT2D eigenvalue weighted by molar-refractivity contribution is 0.173. The topological polar surface area (TPSA) is 71.5 Å². The number of hydrogen-bond acceptors (Lipinski definition) is 5. The average molecular weight is 261 g/mol. The van der Waals surface area contributed by atoms with Gasteiger partial charge in [-0.05, 0) is 12.1 Å². The fourth-order valence-corrected chi connectivity index (χ4v) is 1.95. The molecule has 2 heterocycles. The minimum absolute atomic E-state index is 0.239. The Morgan fingerprint density at radius 3 is 2.84 bits per heavy atom. The van der Waals surface area contributed by atoms with Gasteiger partial charge in [0.25, 0.3) is 0 Å². The molecule has 0 amide bonds. The molecule has 0 saturated carbocycles. The minimum Gasteiger partial charge on any atom is -0.487 e. The van der Waals surface area contributed by atoms with Crippen LogP contribution < -0.4 is 19.9 Å². The molecule has 0 saturated heterocycles. The first kappa shape index (κ1) is 11.9. The molecule has 1 aliphatic rings. The van der Waals surface area contributed by atoms with E-state index in [1.54, 1.807) is 4.68 Å². The molecule has 3 rings (SSSR count). The van der Waals surface area contributed by atoms with Crippen molar-refractivity contribution in [2.75, 3.05) is 6.79 Å². The minimum atomic E-state index is 0.239. The molecule has 100 valence electrons. The Labute approximate surface area is 110 Å². The van der Waals surface area contributed by atoms with Crippen LogP contribution in [0.4, 0.5) is 0 Å². The number of nitrogens with two attached hydrogens (primary N) is 1. The van der Waals surface area contributed by atoms with Crippen LogP contribution in [0.3, 0.4) is 0 Å². The van der Waals surface area contributed by atoms with Gasteiger partial charge in [0.1, 0.15) is 12.4 Å². The smallest absolute Gasteiger partial charge is 0.231 e. The van der Waals surface area contributed by atoms with Crippen LogP contribution in [0.2, 0.25) is 0 Å². The molecule has 0 spiro atoms. The summed E-state index contributed by atoms with van der Waals surface area (Å²) in [5, 5.41) is 4.26. The Kier molecular flexibility index (Phi) is 3.00.